The zero-order chi connectivity index (χ0) is 16.7. The van der Waals surface area contributed by atoms with E-state index in [-0.39, 0.29) is 24.9 Å². The van der Waals surface area contributed by atoms with Crippen LogP contribution >= 0.6 is 22.6 Å². The van der Waals surface area contributed by atoms with Crippen molar-refractivity contribution in [3.63, 3.8) is 0 Å². The van der Waals surface area contributed by atoms with Gasteiger partial charge in [-0.2, -0.15) is 0 Å². The van der Waals surface area contributed by atoms with E-state index in [2.05, 4.69) is 33.2 Å². The lowest BCUT2D eigenvalue weighted by molar-refractivity contribution is -0.120. The molecule has 2 rings (SSSR count). The van der Waals surface area contributed by atoms with E-state index in [0.29, 0.717) is 5.56 Å². The lowest BCUT2D eigenvalue weighted by Crippen LogP contribution is -2.38. The molecule has 2 amide bonds. The van der Waals surface area contributed by atoms with Gasteiger partial charge in [0.2, 0.25) is 5.91 Å². The molecule has 0 fully saturated rings. The predicted octanol–water partition coefficient (Wildman–Crippen LogP) is 1.87. The standard InChI is InChI=1S/C17H17IN2O3/c18-14-9-5-4-8-13(14)17(23)20-11-16(22)19-10-15(21)12-6-2-1-3-7-12/h1-9,15,21H,10-11H2,(H,19,22)(H,20,23). The first-order valence-electron chi connectivity index (χ1n) is 7.10. The van der Waals surface area contributed by atoms with E-state index in [1.54, 1.807) is 24.3 Å². The maximum absolute atomic E-state index is 12.0. The zero-order valence-corrected chi connectivity index (χ0v) is 14.5. The maximum atomic E-state index is 12.0. The second-order valence-corrected chi connectivity index (χ2v) is 6.06. The highest BCUT2D eigenvalue weighted by Gasteiger charge is 2.12. The molecule has 1 atom stereocenters. The normalized spacial score (nSPS) is 11.6. The molecule has 0 aromatic heterocycles. The number of nitrogens with one attached hydrogen (secondary N) is 2. The van der Waals surface area contributed by atoms with E-state index < -0.39 is 6.10 Å². The lowest BCUT2D eigenvalue weighted by atomic mass is 10.1. The quantitative estimate of drug-likeness (QED) is 0.620. The first-order valence-corrected chi connectivity index (χ1v) is 8.18. The van der Waals surface area contributed by atoms with Crippen LogP contribution in [0.5, 0.6) is 0 Å². The summed E-state index contributed by atoms with van der Waals surface area (Å²) < 4.78 is 0.822. The number of aliphatic hydroxyl groups is 1. The van der Waals surface area contributed by atoms with Gasteiger partial charge >= 0.3 is 0 Å². The summed E-state index contributed by atoms with van der Waals surface area (Å²) in [5, 5.41) is 15.1. The molecule has 1 unspecified atom stereocenters. The van der Waals surface area contributed by atoms with Crippen LogP contribution in [0.15, 0.2) is 54.6 Å². The predicted molar refractivity (Wildman–Crippen MR) is 95.9 cm³/mol. The number of benzene rings is 2. The minimum atomic E-state index is -0.772. The van der Waals surface area contributed by atoms with Gasteiger partial charge in [0.1, 0.15) is 0 Å². The number of hydrogen-bond donors (Lipinski definition) is 3. The van der Waals surface area contributed by atoms with Crippen LogP contribution in [-0.4, -0.2) is 30.0 Å². The van der Waals surface area contributed by atoms with Crippen LogP contribution in [0.4, 0.5) is 0 Å². The third-order valence-electron chi connectivity index (χ3n) is 3.20. The first kappa shape index (κ1) is 17.4. The van der Waals surface area contributed by atoms with Crippen LogP contribution in [0.1, 0.15) is 22.0 Å². The number of amides is 2. The topological polar surface area (TPSA) is 78.4 Å². The fourth-order valence-corrected chi connectivity index (χ4v) is 2.60. The Kier molecular flexibility index (Phi) is 6.54. The van der Waals surface area contributed by atoms with Crippen molar-refractivity contribution in [3.05, 3.63) is 69.3 Å². The molecule has 6 heteroatoms. The molecule has 0 spiro atoms. The van der Waals surface area contributed by atoms with E-state index in [1.807, 2.05) is 30.3 Å². The van der Waals surface area contributed by atoms with Gasteiger partial charge in [0, 0.05) is 10.1 Å². The average Bonchev–Trinajstić information content (AvgIpc) is 2.58. The Morgan fingerprint density at radius 2 is 1.65 bits per heavy atom. The molecule has 0 saturated heterocycles. The van der Waals surface area contributed by atoms with Crippen molar-refractivity contribution < 1.29 is 14.7 Å². The van der Waals surface area contributed by atoms with Gasteiger partial charge in [-0.1, -0.05) is 42.5 Å². The molecule has 0 aliphatic carbocycles. The fraction of sp³-hybridized carbons (Fsp3) is 0.176. The van der Waals surface area contributed by atoms with Gasteiger partial charge in [0.15, 0.2) is 0 Å². The van der Waals surface area contributed by atoms with Crippen LogP contribution in [0.3, 0.4) is 0 Å². The fourth-order valence-electron chi connectivity index (χ4n) is 1.97. The molecule has 3 N–H and O–H groups in total. The third kappa shape index (κ3) is 5.33. The van der Waals surface area contributed by atoms with Gasteiger partial charge in [0.05, 0.1) is 18.2 Å². The summed E-state index contributed by atoms with van der Waals surface area (Å²) in [6.45, 7) is -0.0348. The molecule has 120 valence electrons. The van der Waals surface area contributed by atoms with Gasteiger partial charge in [0.25, 0.3) is 5.91 Å². The van der Waals surface area contributed by atoms with E-state index in [1.165, 1.54) is 0 Å². The van der Waals surface area contributed by atoms with Crippen LogP contribution in [-0.2, 0) is 4.79 Å². The van der Waals surface area contributed by atoms with Crippen molar-refractivity contribution in [2.45, 2.75) is 6.10 Å². The number of aliphatic hydroxyl groups excluding tert-OH is 1. The minimum absolute atomic E-state index is 0.0988. The first-order chi connectivity index (χ1) is 11.1. The van der Waals surface area contributed by atoms with Crippen LogP contribution in [0.2, 0.25) is 0 Å². The summed E-state index contributed by atoms with van der Waals surface area (Å²) in [4.78, 5) is 23.7. The Hall–Kier alpha value is -1.93. The second-order valence-electron chi connectivity index (χ2n) is 4.89. The highest BCUT2D eigenvalue weighted by molar-refractivity contribution is 14.1. The highest BCUT2D eigenvalue weighted by Crippen LogP contribution is 2.11. The van der Waals surface area contributed by atoms with Crippen molar-refractivity contribution >= 4 is 34.4 Å². The number of carbonyl (C=O) groups is 2. The smallest absolute Gasteiger partial charge is 0.252 e. The molecule has 0 radical (unpaired) electrons. The SMILES string of the molecule is O=C(CNC(=O)c1ccccc1I)NCC(O)c1ccccc1. The number of rotatable bonds is 6. The van der Waals surface area contributed by atoms with Crippen molar-refractivity contribution in [1.82, 2.24) is 10.6 Å². The van der Waals surface area contributed by atoms with Gasteiger partial charge in [-0.25, -0.2) is 0 Å². The van der Waals surface area contributed by atoms with Gasteiger partial charge in [-0.05, 0) is 40.3 Å². The molecular weight excluding hydrogens is 407 g/mol. The molecule has 0 aliphatic heterocycles. The van der Waals surface area contributed by atoms with E-state index in [0.717, 1.165) is 9.13 Å². The molecule has 0 saturated carbocycles. The van der Waals surface area contributed by atoms with Crippen LogP contribution in [0.25, 0.3) is 0 Å². The third-order valence-corrected chi connectivity index (χ3v) is 4.15. The summed E-state index contributed by atoms with van der Waals surface area (Å²) in [5.41, 5.74) is 1.26. The van der Waals surface area contributed by atoms with Gasteiger partial charge in [-0.3, -0.25) is 9.59 Å². The molecular formula is C17H17IN2O3. The Morgan fingerprint density at radius 1 is 1.00 bits per heavy atom. The summed E-state index contributed by atoms with van der Waals surface area (Å²) >= 11 is 2.07. The Morgan fingerprint density at radius 3 is 2.35 bits per heavy atom. The number of hydrogen-bond acceptors (Lipinski definition) is 3. The van der Waals surface area contributed by atoms with E-state index in [4.69, 9.17) is 0 Å². The Bertz CT molecular complexity index is 677. The summed E-state index contributed by atoms with van der Waals surface area (Å²) in [5.74, 6) is -0.645. The lowest BCUT2D eigenvalue weighted by Gasteiger charge is -2.12. The van der Waals surface area contributed by atoms with E-state index >= 15 is 0 Å². The number of carbonyl (C=O) groups excluding carboxylic acids is 2. The number of halogens is 1. The summed E-state index contributed by atoms with van der Waals surface area (Å²) in [7, 11) is 0. The van der Waals surface area contributed by atoms with Gasteiger partial charge < -0.3 is 15.7 Å². The zero-order valence-electron chi connectivity index (χ0n) is 12.3. The van der Waals surface area contributed by atoms with Crippen molar-refractivity contribution in [3.8, 4) is 0 Å². The van der Waals surface area contributed by atoms with Crippen molar-refractivity contribution in [2.24, 2.45) is 0 Å². The highest BCUT2D eigenvalue weighted by atomic mass is 127. The summed E-state index contributed by atoms with van der Waals surface area (Å²) in [6, 6.07) is 16.2. The second kappa shape index (κ2) is 8.64. The van der Waals surface area contributed by atoms with Crippen molar-refractivity contribution in [1.29, 1.82) is 0 Å². The maximum Gasteiger partial charge on any atom is 0.252 e. The monoisotopic (exact) mass is 424 g/mol. The molecule has 0 bridgehead atoms. The Balaban J connectivity index is 1.77. The minimum Gasteiger partial charge on any atom is -0.387 e. The van der Waals surface area contributed by atoms with Gasteiger partial charge in [-0.15, -0.1) is 0 Å². The molecule has 2 aromatic carbocycles. The molecule has 5 nitrogen and oxygen atoms in total. The van der Waals surface area contributed by atoms with Crippen molar-refractivity contribution in [2.75, 3.05) is 13.1 Å². The summed E-state index contributed by atoms with van der Waals surface area (Å²) in [6.07, 6.45) is -0.772. The molecule has 0 aliphatic rings. The van der Waals surface area contributed by atoms with E-state index in [9.17, 15) is 14.7 Å². The van der Waals surface area contributed by atoms with Crippen LogP contribution < -0.4 is 10.6 Å². The largest absolute Gasteiger partial charge is 0.387 e. The average molecular weight is 424 g/mol. The molecule has 23 heavy (non-hydrogen) atoms. The molecule has 2 aromatic rings. The molecule has 0 heterocycles. The van der Waals surface area contributed by atoms with Crippen LogP contribution in [0, 0.1) is 3.57 Å². The Labute approximate surface area is 148 Å².